The lowest BCUT2D eigenvalue weighted by atomic mass is 10.1. The van der Waals surface area contributed by atoms with Crippen molar-refractivity contribution in [1.29, 1.82) is 0 Å². The number of hydrogen-bond acceptors (Lipinski definition) is 4. The van der Waals surface area contributed by atoms with E-state index in [1.165, 1.54) is 4.90 Å². The number of urea groups is 1. The van der Waals surface area contributed by atoms with Gasteiger partial charge in [-0.05, 0) is 20.8 Å². The van der Waals surface area contributed by atoms with Crippen molar-refractivity contribution in [2.45, 2.75) is 38.8 Å². The Morgan fingerprint density at radius 1 is 1.35 bits per heavy atom. The summed E-state index contributed by atoms with van der Waals surface area (Å²) in [6.45, 7) is 7.72. The number of ether oxygens (including phenoxy) is 2. The van der Waals surface area contributed by atoms with Gasteiger partial charge in [0.15, 0.2) is 0 Å². The van der Waals surface area contributed by atoms with Gasteiger partial charge in [0, 0.05) is 18.6 Å². The molecule has 0 saturated carbocycles. The smallest absolute Gasteiger partial charge is 0.317 e. The number of carbonyl (C=O) groups excluding carboxylic acids is 1. The Bertz CT molecular complexity index is 334. The lowest BCUT2D eigenvalue weighted by molar-refractivity contribution is -0.137. The molecule has 20 heavy (non-hydrogen) atoms. The summed E-state index contributed by atoms with van der Waals surface area (Å²) < 4.78 is 10.7. The quantitative estimate of drug-likeness (QED) is 0.777. The molecule has 1 atom stereocenters. The van der Waals surface area contributed by atoms with Crippen LogP contribution < -0.4 is 5.32 Å². The van der Waals surface area contributed by atoms with Crippen LogP contribution in [0.15, 0.2) is 0 Å². The fraction of sp³-hybridized carbons (Fsp3) is 0.846. The Hall–Kier alpha value is -1.34. The lowest BCUT2D eigenvalue weighted by Crippen LogP contribution is -2.53. The lowest BCUT2D eigenvalue weighted by Gasteiger charge is -2.36. The highest BCUT2D eigenvalue weighted by Gasteiger charge is 2.27. The van der Waals surface area contributed by atoms with Gasteiger partial charge in [-0.3, -0.25) is 4.79 Å². The van der Waals surface area contributed by atoms with Crippen LogP contribution in [0.1, 0.15) is 27.2 Å². The summed E-state index contributed by atoms with van der Waals surface area (Å²) in [5.41, 5.74) is -0.441. The molecule has 2 amide bonds. The summed E-state index contributed by atoms with van der Waals surface area (Å²) in [5, 5.41) is 11.5. The Balaban J connectivity index is 2.47. The summed E-state index contributed by atoms with van der Waals surface area (Å²) in [5.74, 6) is -0.920. The minimum Gasteiger partial charge on any atom is -0.481 e. The minimum atomic E-state index is -0.920. The van der Waals surface area contributed by atoms with Crippen LogP contribution in [0.2, 0.25) is 0 Å². The van der Waals surface area contributed by atoms with Gasteiger partial charge in [0.25, 0.3) is 0 Å². The first-order chi connectivity index (χ1) is 9.30. The van der Waals surface area contributed by atoms with Gasteiger partial charge in [0.2, 0.25) is 0 Å². The number of rotatable bonds is 5. The van der Waals surface area contributed by atoms with E-state index in [9.17, 15) is 9.59 Å². The molecule has 1 fully saturated rings. The first kappa shape index (κ1) is 16.7. The van der Waals surface area contributed by atoms with Crippen molar-refractivity contribution >= 4 is 12.0 Å². The standard InChI is InChI=1S/C13H24N2O5/c1-13(2,3)15(5-4-11(16)17)12(18)14-8-10-9-19-6-7-20-10/h10H,4-9H2,1-3H3,(H,14,18)(H,16,17). The van der Waals surface area contributed by atoms with Crippen LogP contribution in [-0.4, -0.2) is 66.6 Å². The van der Waals surface area contributed by atoms with Gasteiger partial charge < -0.3 is 24.8 Å². The second kappa shape index (κ2) is 7.44. The predicted octanol–water partition coefficient (Wildman–Crippen LogP) is 0.687. The number of carbonyl (C=O) groups is 2. The molecule has 1 aliphatic rings. The molecule has 0 bridgehead atoms. The molecule has 0 radical (unpaired) electrons. The molecule has 2 N–H and O–H groups in total. The number of carboxylic acids is 1. The van der Waals surface area contributed by atoms with E-state index in [2.05, 4.69) is 5.32 Å². The van der Waals surface area contributed by atoms with E-state index in [-0.39, 0.29) is 25.1 Å². The number of amides is 2. The third-order valence-corrected chi connectivity index (χ3v) is 2.97. The fourth-order valence-electron chi connectivity index (χ4n) is 1.90. The van der Waals surface area contributed by atoms with Gasteiger partial charge in [0.1, 0.15) is 0 Å². The summed E-state index contributed by atoms with van der Waals surface area (Å²) in [6.07, 6.45) is -0.220. The van der Waals surface area contributed by atoms with E-state index >= 15 is 0 Å². The molecule has 0 aromatic heterocycles. The van der Waals surface area contributed by atoms with Crippen molar-refractivity contribution in [3.8, 4) is 0 Å². The molecular weight excluding hydrogens is 264 g/mol. The van der Waals surface area contributed by atoms with Crippen molar-refractivity contribution in [3.63, 3.8) is 0 Å². The number of carboxylic acid groups (broad SMARTS) is 1. The van der Waals surface area contributed by atoms with Crippen molar-refractivity contribution in [2.24, 2.45) is 0 Å². The van der Waals surface area contributed by atoms with E-state index in [0.717, 1.165) is 0 Å². The number of hydrogen-bond donors (Lipinski definition) is 2. The molecule has 0 spiro atoms. The third kappa shape index (κ3) is 5.75. The van der Waals surface area contributed by atoms with Crippen molar-refractivity contribution in [3.05, 3.63) is 0 Å². The SMILES string of the molecule is CC(C)(C)N(CCC(=O)O)C(=O)NCC1COCCO1. The van der Waals surface area contributed by atoms with E-state index in [0.29, 0.717) is 26.4 Å². The topological polar surface area (TPSA) is 88.1 Å². The van der Waals surface area contributed by atoms with Gasteiger partial charge in [-0.25, -0.2) is 4.79 Å². The summed E-state index contributed by atoms with van der Waals surface area (Å²) in [4.78, 5) is 24.4. The van der Waals surface area contributed by atoms with Crippen LogP contribution in [0.25, 0.3) is 0 Å². The van der Waals surface area contributed by atoms with E-state index in [1.807, 2.05) is 20.8 Å². The molecule has 1 aliphatic heterocycles. The van der Waals surface area contributed by atoms with Crippen LogP contribution in [0.4, 0.5) is 4.79 Å². The maximum Gasteiger partial charge on any atom is 0.317 e. The maximum absolute atomic E-state index is 12.2. The van der Waals surface area contributed by atoms with E-state index in [4.69, 9.17) is 14.6 Å². The Kier molecular flexibility index (Phi) is 6.22. The van der Waals surface area contributed by atoms with Crippen LogP contribution >= 0.6 is 0 Å². The Morgan fingerprint density at radius 3 is 2.55 bits per heavy atom. The highest BCUT2D eigenvalue weighted by Crippen LogP contribution is 2.14. The zero-order valence-corrected chi connectivity index (χ0v) is 12.3. The number of nitrogens with zero attached hydrogens (tertiary/aromatic N) is 1. The maximum atomic E-state index is 12.2. The number of aliphatic carboxylic acids is 1. The van der Waals surface area contributed by atoms with Crippen molar-refractivity contribution in [2.75, 3.05) is 32.9 Å². The largest absolute Gasteiger partial charge is 0.481 e. The zero-order valence-electron chi connectivity index (χ0n) is 12.3. The molecule has 1 saturated heterocycles. The monoisotopic (exact) mass is 288 g/mol. The zero-order chi connectivity index (χ0) is 15.2. The molecule has 0 aromatic rings. The van der Waals surface area contributed by atoms with Gasteiger partial charge in [-0.2, -0.15) is 0 Å². The summed E-state index contributed by atoms with van der Waals surface area (Å²) in [6, 6.07) is -0.284. The Morgan fingerprint density at radius 2 is 2.05 bits per heavy atom. The second-order valence-corrected chi connectivity index (χ2v) is 5.72. The van der Waals surface area contributed by atoms with Gasteiger partial charge in [-0.15, -0.1) is 0 Å². The average molecular weight is 288 g/mol. The molecule has 1 rings (SSSR count). The first-order valence-corrected chi connectivity index (χ1v) is 6.77. The highest BCUT2D eigenvalue weighted by molar-refractivity contribution is 5.76. The molecule has 1 heterocycles. The molecule has 7 nitrogen and oxygen atoms in total. The average Bonchev–Trinajstić information content (AvgIpc) is 2.35. The molecule has 1 unspecified atom stereocenters. The van der Waals surface area contributed by atoms with Gasteiger partial charge in [0.05, 0.1) is 32.3 Å². The Labute approximate surface area is 119 Å². The molecule has 0 aliphatic carbocycles. The van der Waals surface area contributed by atoms with Gasteiger partial charge in [-0.1, -0.05) is 0 Å². The highest BCUT2D eigenvalue weighted by atomic mass is 16.6. The molecular formula is C13H24N2O5. The van der Waals surface area contributed by atoms with E-state index in [1.54, 1.807) is 0 Å². The second-order valence-electron chi connectivity index (χ2n) is 5.72. The molecule has 7 heteroatoms. The first-order valence-electron chi connectivity index (χ1n) is 6.77. The molecule has 116 valence electrons. The molecule has 0 aromatic carbocycles. The third-order valence-electron chi connectivity index (χ3n) is 2.97. The van der Waals surface area contributed by atoms with Crippen LogP contribution in [-0.2, 0) is 14.3 Å². The van der Waals surface area contributed by atoms with Crippen molar-refractivity contribution < 1.29 is 24.2 Å². The normalized spacial score (nSPS) is 19.4. The van der Waals surface area contributed by atoms with Crippen LogP contribution in [0, 0.1) is 0 Å². The van der Waals surface area contributed by atoms with Crippen LogP contribution in [0.3, 0.4) is 0 Å². The summed E-state index contributed by atoms with van der Waals surface area (Å²) in [7, 11) is 0. The van der Waals surface area contributed by atoms with Crippen molar-refractivity contribution in [1.82, 2.24) is 10.2 Å². The van der Waals surface area contributed by atoms with Gasteiger partial charge >= 0.3 is 12.0 Å². The fourth-order valence-corrected chi connectivity index (χ4v) is 1.90. The predicted molar refractivity (Wildman–Crippen MR) is 72.7 cm³/mol. The van der Waals surface area contributed by atoms with Crippen LogP contribution in [0.5, 0.6) is 0 Å². The van der Waals surface area contributed by atoms with E-state index < -0.39 is 11.5 Å². The number of nitrogens with one attached hydrogen (secondary N) is 1. The minimum absolute atomic E-state index is 0.0757. The summed E-state index contributed by atoms with van der Waals surface area (Å²) >= 11 is 0.